The molecule has 2 N–H and O–H groups in total. The molecule has 0 fully saturated rings. The number of carbonyl (C=O) groups is 1. The molecule has 1 aromatic heterocycles. The predicted molar refractivity (Wildman–Crippen MR) is 101 cm³/mol. The summed E-state index contributed by atoms with van der Waals surface area (Å²) in [6, 6.07) is 15.8. The standard InChI is InChI=1S/C20H19FN2O4S/c21-16-8-10-18(11-9-16)28(25,26)23-19(13-15-5-2-1-3-6-15)20(24)22-14-17-7-4-12-27-17/h1-12,19,23H,13-14H2,(H,22,24)/t19-/m1/s1. The number of carbonyl (C=O) groups excluding carboxylic acids is 1. The summed E-state index contributed by atoms with van der Waals surface area (Å²) < 4.78 is 46.0. The Hall–Kier alpha value is -2.97. The van der Waals surface area contributed by atoms with Crippen LogP contribution in [-0.4, -0.2) is 20.4 Å². The van der Waals surface area contributed by atoms with Crippen molar-refractivity contribution in [3.05, 3.63) is 90.1 Å². The van der Waals surface area contributed by atoms with E-state index in [-0.39, 0.29) is 17.9 Å². The Morgan fingerprint density at radius 1 is 1.00 bits per heavy atom. The first-order valence-electron chi connectivity index (χ1n) is 8.56. The molecular formula is C20H19FN2O4S. The van der Waals surface area contributed by atoms with Crippen molar-refractivity contribution in [2.75, 3.05) is 0 Å². The van der Waals surface area contributed by atoms with Gasteiger partial charge in [0.05, 0.1) is 17.7 Å². The van der Waals surface area contributed by atoms with E-state index >= 15 is 0 Å². The molecule has 28 heavy (non-hydrogen) atoms. The van der Waals surface area contributed by atoms with E-state index in [1.54, 1.807) is 24.3 Å². The van der Waals surface area contributed by atoms with Crippen molar-refractivity contribution >= 4 is 15.9 Å². The number of amides is 1. The topological polar surface area (TPSA) is 88.4 Å². The molecule has 0 saturated heterocycles. The van der Waals surface area contributed by atoms with Gasteiger partial charge in [0.2, 0.25) is 15.9 Å². The van der Waals surface area contributed by atoms with Crippen molar-refractivity contribution in [1.82, 2.24) is 10.0 Å². The van der Waals surface area contributed by atoms with E-state index in [9.17, 15) is 17.6 Å². The second kappa shape index (κ2) is 8.81. The van der Waals surface area contributed by atoms with Gasteiger partial charge in [-0.1, -0.05) is 30.3 Å². The zero-order chi connectivity index (χ0) is 20.0. The molecule has 0 unspecified atom stereocenters. The minimum absolute atomic E-state index is 0.120. The van der Waals surface area contributed by atoms with Crippen LogP contribution in [0.2, 0.25) is 0 Å². The number of nitrogens with one attached hydrogen (secondary N) is 2. The van der Waals surface area contributed by atoms with Gasteiger partial charge in [-0.25, -0.2) is 12.8 Å². The van der Waals surface area contributed by atoms with E-state index < -0.39 is 27.8 Å². The van der Waals surface area contributed by atoms with Gasteiger partial charge in [0.15, 0.2) is 0 Å². The molecule has 2 aromatic carbocycles. The molecule has 8 heteroatoms. The SMILES string of the molecule is O=C(NCc1ccco1)[C@@H](Cc1ccccc1)NS(=O)(=O)c1ccc(F)cc1. The maximum atomic E-state index is 13.1. The number of sulfonamides is 1. The average molecular weight is 402 g/mol. The Labute approximate surface area is 162 Å². The maximum absolute atomic E-state index is 13.1. The molecule has 0 aliphatic heterocycles. The number of furan rings is 1. The van der Waals surface area contributed by atoms with Gasteiger partial charge in [-0.2, -0.15) is 4.72 Å². The van der Waals surface area contributed by atoms with Crippen LogP contribution in [0.3, 0.4) is 0 Å². The predicted octanol–water partition coefficient (Wildman–Crippen LogP) is 2.62. The van der Waals surface area contributed by atoms with Crippen molar-refractivity contribution in [1.29, 1.82) is 0 Å². The van der Waals surface area contributed by atoms with E-state index in [4.69, 9.17) is 4.42 Å². The Balaban J connectivity index is 1.78. The zero-order valence-electron chi connectivity index (χ0n) is 14.8. The molecule has 146 valence electrons. The van der Waals surface area contributed by atoms with Gasteiger partial charge in [-0.15, -0.1) is 0 Å². The molecule has 6 nitrogen and oxygen atoms in total. The van der Waals surface area contributed by atoms with Crippen LogP contribution in [0.15, 0.2) is 82.3 Å². The first kappa shape index (κ1) is 19.8. The molecule has 1 amide bonds. The first-order chi connectivity index (χ1) is 13.4. The lowest BCUT2D eigenvalue weighted by Crippen LogP contribution is -2.47. The third kappa shape index (κ3) is 5.28. The normalized spacial score (nSPS) is 12.5. The second-order valence-corrected chi connectivity index (χ2v) is 7.83. The lowest BCUT2D eigenvalue weighted by molar-refractivity contribution is -0.122. The molecule has 3 rings (SSSR count). The fraction of sp³-hybridized carbons (Fsp3) is 0.150. The Bertz CT molecular complexity index is 1000. The monoisotopic (exact) mass is 402 g/mol. The van der Waals surface area contributed by atoms with Crippen LogP contribution in [0, 0.1) is 5.82 Å². The molecule has 0 aliphatic rings. The van der Waals surface area contributed by atoms with Gasteiger partial charge >= 0.3 is 0 Å². The minimum Gasteiger partial charge on any atom is -0.467 e. The van der Waals surface area contributed by atoms with Crippen LogP contribution in [0.25, 0.3) is 0 Å². The van der Waals surface area contributed by atoms with Crippen molar-refractivity contribution in [3.63, 3.8) is 0 Å². The van der Waals surface area contributed by atoms with Crippen LogP contribution in [0.1, 0.15) is 11.3 Å². The van der Waals surface area contributed by atoms with Gasteiger partial charge in [0.1, 0.15) is 17.6 Å². The lowest BCUT2D eigenvalue weighted by atomic mass is 10.1. The Kier molecular flexibility index (Phi) is 6.23. The van der Waals surface area contributed by atoms with Crippen LogP contribution in [-0.2, 0) is 27.8 Å². The fourth-order valence-corrected chi connectivity index (χ4v) is 3.81. The highest BCUT2D eigenvalue weighted by molar-refractivity contribution is 7.89. The number of hydrogen-bond donors (Lipinski definition) is 2. The number of rotatable bonds is 8. The zero-order valence-corrected chi connectivity index (χ0v) is 15.7. The molecule has 0 saturated carbocycles. The van der Waals surface area contributed by atoms with Crippen LogP contribution in [0.5, 0.6) is 0 Å². The average Bonchev–Trinajstić information content (AvgIpc) is 3.20. The highest BCUT2D eigenvalue weighted by Crippen LogP contribution is 2.12. The highest BCUT2D eigenvalue weighted by Gasteiger charge is 2.26. The molecule has 3 aromatic rings. The summed E-state index contributed by atoms with van der Waals surface area (Å²) in [6.45, 7) is 0.134. The molecule has 0 spiro atoms. The molecule has 1 heterocycles. The van der Waals surface area contributed by atoms with Crippen LogP contribution in [0.4, 0.5) is 4.39 Å². The van der Waals surface area contributed by atoms with Gasteiger partial charge in [-0.3, -0.25) is 4.79 Å². The van der Waals surface area contributed by atoms with E-state index in [2.05, 4.69) is 10.0 Å². The summed E-state index contributed by atoms with van der Waals surface area (Å²) in [6.07, 6.45) is 1.64. The summed E-state index contributed by atoms with van der Waals surface area (Å²) >= 11 is 0. The quantitative estimate of drug-likeness (QED) is 0.606. The third-order valence-corrected chi connectivity index (χ3v) is 5.53. The summed E-state index contributed by atoms with van der Waals surface area (Å²) in [5.74, 6) is -0.491. The number of benzene rings is 2. The largest absolute Gasteiger partial charge is 0.467 e. The molecular weight excluding hydrogens is 383 g/mol. The van der Waals surface area contributed by atoms with E-state index in [1.807, 2.05) is 18.2 Å². The molecule has 0 radical (unpaired) electrons. The van der Waals surface area contributed by atoms with Crippen LogP contribution < -0.4 is 10.0 Å². The maximum Gasteiger partial charge on any atom is 0.241 e. The smallest absolute Gasteiger partial charge is 0.241 e. The van der Waals surface area contributed by atoms with E-state index in [0.29, 0.717) is 5.76 Å². The summed E-state index contributed by atoms with van der Waals surface area (Å²) in [7, 11) is -4.01. The van der Waals surface area contributed by atoms with Gasteiger partial charge < -0.3 is 9.73 Å². The lowest BCUT2D eigenvalue weighted by Gasteiger charge is -2.18. The molecule has 0 bridgehead atoms. The Morgan fingerprint density at radius 3 is 2.36 bits per heavy atom. The highest BCUT2D eigenvalue weighted by atomic mass is 32.2. The summed E-state index contributed by atoms with van der Waals surface area (Å²) in [5.41, 5.74) is 0.794. The van der Waals surface area contributed by atoms with Gasteiger partial charge in [-0.05, 0) is 48.4 Å². The number of halogens is 1. The fourth-order valence-electron chi connectivity index (χ4n) is 2.62. The third-order valence-electron chi connectivity index (χ3n) is 4.04. The van der Waals surface area contributed by atoms with Crippen molar-refractivity contribution in [3.8, 4) is 0 Å². The Morgan fingerprint density at radius 2 is 1.71 bits per heavy atom. The molecule has 1 atom stereocenters. The first-order valence-corrected chi connectivity index (χ1v) is 10.0. The van der Waals surface area contributed by atoms with Gasteiger partial charge in [0.25, 0.3) is 0 Å². The second-order valence-electron chi connectivity index (χ2n) is 6.11. The minimum atomic E-state index is -4.01. The summed E-state index contributed by atoms with van der Waals surface area (Å²) in [4.78, 5) is 12.5. The van der Waals surface area contributed by atoms with Crippen molar-refractivity contribution in [2.45, 2.75) is 23.9 Å². The van der Waals surface area contributed by atoms with Crippen molar-refractivity contribution < 1.29 is 22.0 Å². The summed E-state index contributed by atoms with van der Waals surface area (Å²) in [5, 5.41) is 2.67. The van der Waals surface area contributed by atoms with E-state index in [0.717, 1.165) is 29.8 Å². The number of hydrogen-bond acceptors (Lipinski definition) is 4. The van der Waals surface area contributed by atoms with E-state index in [1.165, 1.54) is 6.26 Å². The van der Waals surface area contributed by atoms with Crippen molar-refractivity contribution in [2.24, 2.45) is 0 Å². The van der Waals surface area contributed by atoms with Gasteiger partial charge in [0, 0.05) is 0 Å². The van der Waals surface area contributed by atoms with Crippen LogP contribution >= 0.6 is 0 Å². The molecule has 0 aliphatic carbocycles.